The van der Waals surface area contributed by atoms with E-state index in [0.717, 1.165) is 11.1 Å². The van der Waals surface area contributed by atoms with Crippen LogP contribution in [0.5, 0.6) is 0 Å². The summed E-state index contributed by atoms with van der Waals surface area (Å²) in [5, 5.41) is 12.4. The van der Waals surface area contributed by atoms with Crippen molar-refractivity contribution in [2.45, 2.75) is 33.3 Å². The zero-order chi connectivity index (χ0) is 15.6. The van der Waals surface area contributed by atoms with Crippen LogP contribution in [-0.4, -0.2) is 41.0 Å². The molecule has 2 rings (SSSR count). The number of likely N-dealkylation sites (tertiary alicyclic amines) is 1. The van der Waals surface area contributed by atoms with E-state index in [1.807, 2.05) is 32.9 Å². The van der Waals surface area contributed by atoms with Gasteiger partial charge in [0.15, 0.2) is 0 Å². The fourth-order valence-corrected chi connectivity index (χ4v) is 2.38. The number of rotatable bonds is 1. The number of amides is 2. The van der Waals surface area contributed by atoms with E-state index in [1.165, 1.54) is 4.90 Å². The van der Waals surface area contributed by atoms with Gasteiger partial charge in [0.1, 0.15) is 0 Å². The van der Waals surface area contributed by atoms with Crippen LogP contribution < -0.4 is 5.32 Å². The summed E-state index contributed by atoms with van der Waals surface area (Å²) in [6.07, 6.45) is 0.154. The minimum Gasteiger partial charge on any atom is -0.391 e. The Hall–Kier alpha value is -1.88. The van der Waals surface area contributed by atoms with Crippen molar-refractivity contribution in [1.82, 2.24) is 4.90 Å². The molecule has 2 unspecified atom stereocenters. The number of piperidine rings is 1. The summed E-state index contributed by atoms with van der Waals surface area (Å²) in [6, 6.07) is 5.52. The van der Waals surface area contributed by atoms with Crippen LogP contribution in [-0.2, 0) is 9.59 Å². The van der Waals surface area contributed by atoms with E-state index in [2.05, 4.69) is 5.32 Å². The van der Waals surface area contributed by atoms with Crippen molar-refractivity contribution in [1.29, 1.82) is 0 Å². The van der Waals surface area contributed by atoms with Gasteiger partial charge >= 0.3 is 11.8 Å². The summed E-state index contributed by atoms with van der Waals surface area (Å²) in [4.78, 5) is 25.5. The van der Waals surface area contributed by atoms with Crippen molar-refractivity contribution in [2.24, 2.45) is 5.92 Å². The highest BCUT2D eigenvalue weighted by atomic mass is 16.3. The van der Waals surface area contributed by atoms with Crippen molar-refractivity contribution in [2.75, 3.05) is 18.4 Å². The minimum absolute atomic E-state index is 0.164. The van der Waals surface area contributed by atoms with Gasteiger partial charge in [-0.15, -0.1) is 0 Å². The number of aliphatic hydroxyl groups excluding tert-OH is 1. The Kier molecular flexibility index (Phi) is 4.63. The third-order valence-electron chi connectivity index (χ3n) is 4.16. The average Bonchev–Trinajstić information content (AvgIpc) is 2.45. The normalized spacial score (nSPS) is 22.0. The van der Waals surface area contributed by atoms with E-state index in [-0.39, 0.29) is 12.5 Å². The standard InChI is InChI=1S/C16H22N2O3/c1-10-4-5-13(8-12(10)3)17-15(20)16(21)18-7-6-11(2)14(19)9-18/h4-5,8,11,14,19H,6-7,9H2,1-3H3,(H,17,20). The molecule has 2 atom stereocenters. The number of hydrogen-bond acceptors (Lipinski definition) is 3. The number of anilines is 1. The maximum atomic E-state index is 12.1. The predicted octanol–water partition coefficient (Wildman–Crippen LogP) is 1.47. The van der Waals surface area contributed by atoms with Gasteiger partial charge in [0.25, 0.3) is 0 Å². The highest BCUT2D eigenvalue weighted by Crippen LogP contribution is 2.18. The number of carbonyl (C=O) groups is 2. The lowest BCUT2D eigenvalue weighted by Crippen LogP contribution is -2.49. The van der Waals surface area contributed by atoms with Crippen LogP contribution in [0.3, 0.4) is 0 Å². The fourth-order valence-electron chi connectivity index (χ4n) is 2.38. The van der Waals surface area contributed by atoms with Crippen molar-refractivity contribution in [3.8, 4) is 0 Å². The molecule has 1 aromatic rings. The smallest absolute Gasteiger partial charge is 0.313 e. The Morgan fingerprint density at radius 2 is 2.00 bits per heavy atom. The van der Waals surface area contributed by atoms with Gasteiger partial charge < -0.3 is 15.3 Å². The first-order chi connectivity index (χ1) is 9.88. The molecule has 0 radical (unpaired) electrons. The van der Waals surface area contributed by atoms with Crippen LogP contribution in [0.1, 0.15) is 24.5 Å². The second-order valence-corrected chi connectivity index (χ2v) is 5.84. The molecule has 0 bridgehead atoms. The molecule has 21 heavy (non-hydrogen) atoms. The Balaban J connectivity index is 1.99. The molecule has 2 amide bonds. The van der Waals surface area contributed by atoms with Crippen LogP contribution in [0, 0.1) is 19.8 Å². The third-order valence-corrected chi connectivity index (χ3v) is 4.16. The van der Waals surface area contributed by atoms with Gasteiger partial charge in [0, 0.05) is 18.8 Å². The number of aliphatic hydroxyl groups is 1. The summed E-state index contributed by atoms with van der Waals surface area (Å²) >= 11 is 0. The zero-order valence-corrected chi connectivity index (χ0v) is 12.7. The lowest BCUT2D eigenvalue weighted by Gasteiger charge is -2.33. The van der Waals surface area contributed by atoms with Gasteiger partial charge in [-0.3, -0.25) is 9.59 Å². The van der Waals surface area contributed by atoms with Gasteiger partial charge in [0.2, 0.25) is 0 Å². The quantitative estimate of drug-likeness (QED) is 0.770. The van der Waals surface area contributed by atoms with Crippen molar-refractivity contribution in [3.05, 3.63) is 29.3 Å². The maximum absolute atomic E-state index is 12.1. The number of carbonyl (C=O) groups excluding carboxylic acids is 2. The molecule has 1 aliphatic rings. The molecule has 1 aliphatic heterocycles. The van der Waals surface area contributed by atoms with E-state index in [9.17, 15) is 14.7 Å². The van der Waals surface area contributed by atoms with Crippen LogP contribution in [0.4, 0.5) is 5.69 Å². The topological polar surface area (TPSA) is 69.6 Å². The highest BCUT2D eigenvalue weighted by Gasteiger charge is 2.30. The molecular formula is C16H22N2O3. The Labute approximate surface area is 125 Å². The van der Waals surface area contributed by atoms with Gasteiger partial charge in [-0.1, -0.05) is 13.0 Å². The highest BCUT2D eigenvalue weighted by molar-refractivity contribution is 6.39. The van der Waals surface area contributed by atoms with E-state index in [0.29, 0.717) is 18.7 Å². The second kappa shape index (κ2) is 6.26. The number of β-amino-alcohol motifs (C(OH)–C–C–N with tert-alkyl or cyclic N) is 1. The summed E-state index contributed by atoms with van der Waals surface area (Å²) < 4.78 is 0. The Bertz CT molecular complexity index is 556. The van der Waals surface area contributed by atoms with E-state index >= 15 is 0 Å². The van der Waals surface area contributed by atoms with E-state index in [4.69, 9.17) is 0 Å². The van der Waals surface area contributed by atoms with Gasteiger partial charge in [-0.2, -0.15) is 0 Å². The lowest BCUT2D eigenvalue weighted by atomic mass is 9.96. The summed E-state index contributed by atoms with van der Waals surface area (Å²) in [5.41, 5.74) is 2.80. The summed E-state index contributed by atoms with van der Waals surface area (Å²) in [6.45, 7) is 6.62. The minimum atomic E-state index is -0.653. The third kappa shape index (κ3) is 3.61. The molecule has 1 fully saturated rings. The summed E-state index contributed by atoms with van der Waals surface area (Å²) in [7, 11) is 0. The average molecular weight is 290 g/mol. The molecule has 2 N–H and O–H groups in total. The first kappa shape index (κ1) is 15.5. The lowest BCUT2D eigenvalue weighted by molar-refractivity contribution is -0.146. The monoisotopic (exact) mass is 290 g/mol. The van der Waals surface area contributed by atoms with Gasteiger partial charge in [-0.25, -0.2) is 0 Å². The number of aryl methyl sites for hydroxylation is 2. The predicted molar refractivity (Wildman–Crippen MR) is 80.9 cm³/mol. The first-order valence-corrected chi connectivity index (χ1v) is 7.24. The van der Waals surface area contributed by atoms with Crippen molar-refractivity contribution in [3.63, 3.8) is 0 Å². The molecule has 0 saturated carbocycles. The molecule has 1 heterocycles. The zero-order valence-electron chi connectivity index (χ0n) is 12.7. The number of hydrogen-bond donors (Lipinski definition) is 2. The molecule has 0 spiro atoms. The molecule has 1 saturated heterocycles. The van der Waals surface area contributed by atoms with Gasteiger partial charge in [-0.05, 0) is 49.4 Å². The Morgan fingerprint density at radius 3 is 2.62 bits per heavy atom. The number of benzene rings is 1. The number of nitrogens with zero attached hydrogens (tertiary/aromatic N) is 1. The van der Waals surface area contributed by atoms with Crippen LogP contribution in [0.15, 0.2) is 18.2 Å². The molecule has 5 heteroatoms. The summed E-state index contributed by atoms with van der Waals surface area (Å²) in [5.74, 6) is -1.07. The molecule has 114 valence electrons. The van der Waals surface area contributed by atoms with Crippen molar-refractivity contribution >= 4 is 17.5 Å². The molecule has 5 nitrogen and oxygen atoms in total. The molecule has 0 aromatic heterocycles. The van der Waals surface area contributed by atoms with Gasteiger partial charge in [0.05, 0.1) is 6.10 Å². The maximum Gasteiger partial charge on any atom is 0.313 e. The van der Waals surface area contributed by atoms with Crippen molar-refractivity contribution < 1.29 is 14.7 Å². The number of nitrogens with one attached hydrogen (secondary N) is 1. The molecule has 0 aliphatic carbocycles. The molecular weight excluding hydrogens is 268 g/mol. The van der Waals surface area contributed by atoms with E-state index < -0.39 is 17.9 Å². The Morgan fingerprint density at radius 1 is 1.29 bits per heavy atom. The molecule has 1 aromatic carbocycles. The second-order valence-electron chi connectivity index (χ2n) is 5.84. The SMILES string of the molecule is Cc1ccc(NC(=O)C(=O)N2CCC(C)C(O)C2)cc1C. The van der Waals surface area contributed by atoms with Crippen LogP contribution in [0.25, 0.3) is 0 Å². The fraction of sp³-hybridized carbons (Fsp3) is 0.500. The first-order valence-electron chi connectivity index (χ1n) is 7.24. The van der Waals surface area contributed by atoms with E-state index in [1.54, 1.807) is 6.07 Å². The van der Waals surface area contributed by atoms with Crippen LogP contribution >= 0.6 is 0 Å². The largest absolute Gasteiger partial charge is 0.391 e. The van der Waals surface area contributed by atoms with Crippen LogP contribution in [0.2, 0.25) is 0 Å².